The maximum absolute atomic E-state index is 10.6. The molecule has 2 aromatic heterocycles. The van der Waals surface area contributed by atoms with Crippen LogP contribution in [0.3, 0.4) is 0 Å². The molecule has 1 aliphatic rings. The Labute approximate surface area is 182 Å². The highest BCUT2D eigenvalue weighted by atomic mass is 19.4. The molecule has 0 saturated carbocycles. The second-order valence-corrected chi connectivity index (χ2v) is 7.26. The standard InChI is InChI=1S/C19H23N5O.C2HF3O2/c1-15-19-20-12-17(14-23-9-3-8-21-23)24(19)11-10-22(15)13-16-4-6-18(25-2)7-5-16;3-2(4,5)1(6)7/h3-9,12,15H,10-11,13-14H2,1-2H3;(H,6,7). The van der Waals surface area contributed by atoms with Crippen molar-refractivity contribution in [1.29, 1.82) is 0 Å². The highest BCUT2D eigenvalue weighted by molar-refractivity contribution is 5.73. The van der Waals surface area contributed by atoms with Crippen molar-refractivity contribution in [2.75, 3.05) is 13.7 Å². The molecule has 1 aromatic carbocycles. The number of carboxylic acid groups (broad SMARTS) is 1. The number of carbonyl (C=O) groups is 1. The Bertz CT molecular complexity index is 1020. The molecule has 1 unspecified atom stereocenters. The molecule has 3 heterocycles. The molecule has 0 amide bonds. The number of hydrogen-bond acceptors (Lipinski definition) is 5. The number of nitrogens with zero attached hydrogens (tertiary/aromatic N) is 5. The maximum Gasteiger partial charge on any atom is 0.490 e. The highest BCUT2D eigenvalue weighted by Crippen LogP contribution is 2.27. The van der Waals surface area contributed by atoms with Gasteiger partial charge in [-0.25, -0.2) is 9.78 Å². The monoisotopic (exact) mass is 451 g/mol. The van der Waals surface area contributed by atoms with Crippen LogP contribution in [-0.2, 0) is 24.4 Å². The average Bonchev–Trinajstić information content (AvgIpc) is 3.41. The van der Waals surface area contributed by atoms with Gasteiger partial charge in [0.2, 0.25) is 0 Å². The van der Waals surface area contributed by atoms with E-state index in [1.54, 1.807) is 7.11 Å². The number of fused-ring (bicyclic) bond motifs is 1. The third kappa shape index (κ3) is 5.67. The summed E-state index contributed by atoms with van der Waals surface area (Å²) in [5.74, 6) is -0.719. The Morgan fingerprint density at radius 1 is 1.22 bits per heavy atom. The zero-order valence-electron chi connectivity index (χ0n) is 17.7. The summed E-state index contributed by atoms with van der Waals surface area (Å²) in [6.45, 7) is 5.91. The summed E-state index contributed by atoms with van der Waals surface area (Å²) >= 11 is 0. The van der Waals surface area contributed by atoms with E-state index in [0.29, 0.717) is 6.04 Å². The van der Waals surface area contributed by atoms with E-state index in [4.69, 9.17) is 19.6 Å². The van der Waals surface area contributed by atoms with E-state index in [0.717, 1.165) is 37.8 Å². The molecule has 4 rings (SSSR count). The number of rotatable bonds is 5. The lowest BCUT2D eigenvalue weighted by Crippen LogP contribution is -2.37. The van der Waals surface area contributed by atoms with Gasteiger partial charge >= 0.3 is 12.1 Å². The van der Waals surface area contributed by atoms with E-state index in [9.17, 15) is 13.2 Å². The van der Waals surface area contributed by atoms with Crippen molar-refractivity contribution in [3.63, 3.8) is 0 Å². The van der Waals surface area contributed by atoms with Crippen LogP contribution in [0.1, 0.15) is 30.0 Å². The normalized spacial score (nSPS) is 16.1. The Morgan fingerprint density at radius 2 is 1.91 bits per heavy atom. The number of benzene rings is 1. The summed E-state index contributed by atoms with van der Waals surface area (Å²) in [4.78, 5) is 16.1. The lowest BCUT2D eigenvalue weighted by molar-refractivity contribution is -0.192. The quantitative estimate of drug-likeness (QED) is 0.641. The molecule has 172 valence electrons. The number of carboxylic acids is 1. The lowest BCUT2D eigenvalue weighted by Gasteiger charge is -2.34. The average molecular weight is 451 g/mol. The van der Waals surface area contributed by atoms with Crippen LogP contribution in [0.2, 0.25) is 0 Å². The predicted octanol–water partition coefficient (Wildman–Crippen LogP) is 3.35. The first-order chi connectivity index (χ1) is 15.2. The number of aliphatic carboxylic acids is 1. The first-order valence-corrected chi connectivity index (χ1v) is 9.88. The van der Waals surface area contributed by atoms with Gasteiger partial charge < -0.3 is 14.4 Å². The number of aromatic nitrogens is 4. The zero-order chi connectivity index (χ0) is 23.3. The molecule has 1 aliphatic heterocycles. The van der Waals surface area contributed by atoms with E-state index in [1.165, 1.54) is 11.3 Å². The summed E-state index contributed by atoms with van der Waals surface area (Å²) < 4.78 is 41.3. The van der Waals surface area contributed by atoms with Crippen LogP contribution >= 0.6 is 0 Å². The van der Waals surface area contributed by atoms with Gasteiger partial charge in [-0.2, -0.15) is 18.3 Å². The predicted molar refractivity (Wildman–Crippen MR) is 109 cm³/mol. The van der Waals surface area contributed by atoms with Crippen LogP contribution in [0.5, 0.6) is 5.75 Å². The van der Waals surface area contributed by atoms with E-state index < -0.39 is 12.1 Å². The topological polar surface area (TPSA) is 85.4 Å². The number of imidazole rings is 1. The lowest BCUT2D eigenvalue weighted by atomic mass is 10.1. The summed E-state index contributed by atoms with van der Waals surface area (Å²) in [6, 6.07) is 10.6. The van der Waals surface area contributed by atoms with Crippen LogP contribution in [0, 0.1) is 0 Å². The molecule has 1 N–H and O–H groups in total. The van der Waals surface area contributed by atoms with Crippen LogP contribution in [0.15, 0.2) is 48.9 Å². The third-order valence-corrected chi connectivity index (χ3v) is 5.17. The SMILES string of the molecule is COc1ccc(CN2CCn3c(Cn4cccn4)cnc3C2C)cc1.O=C(O)C(F)(F)F. The molecule has 0 saturated heterocycles. The smallest absolute Gasteiger partial charge is 0.490 e. The fourth-order valence-electron chi connectivity index (χ4n) is 3.47. The Balaban J connectivity index is 0.000000360. The molecular weight excluding hydrogens is 427 g/mol. The molecule has 1 atom stereocenters. The van der Waals surface area contributed by atoms with E-state index in [1.807, 2.05) is 41.5 Å². The molecule has 32 heavy (non-hydrogen) atoms. The maximum atomic E-state index is 10.6. The first-order valence-electron chi connectivity index (χ1n) is 9.88. The molecule has 0 spiro atoms. The molecule has 3 aromatic rings. The number of hydrogen-bond donors (Lipinski definition) is 1. The minimum Gasteiger partial charge on any atom is -0.497 e. The molecule has 0 aliphatic carbocycles. The first kappa shape index (κ1) is 23.3. The van der Waals surface area contributed by atoms with Crippen molar-refractivity contribution in [2.24, 2.45) is 0 Å². The molecule has 0 bridgehead atoms. The van der Waals surface area contributed by atoms with E-state index in [2.05, 4.69) is 33.6 Å². The van der Waals surface area contributed by atoms with Gasteiger partial charge in [-0.1, -0.05) is 12.1 Å². The number of methoxy groups -OCH3 is 1. The van der Waals surface area contributed by atoms with E-state index in [-0.39, 0.29) is 0 Å². The minimum absolute atomic E-state index is 0.294. The van der Waals surface area contributed by atoms with Crippen LogP contribution in [-0.4, -0.2) is 55.1 Å². The summed E-state index contributed by atoms with van der Waals surface area (Å²) in [6.07, 6.45) is 0.708. The van der Waals surface area contributed by atoms with Gasteiger partial charge in [0.1, 0.15) is 11.6 Å². The largest absolute Gasteiger partial charge is 0.497 e. The second-order valence-electron chi connectivity index (χ2n) is 7.26. The van der Waals surface area contributed by atoms with Gasteiger partial charge in [-0.3, -0.25) is 9.58 Å². The van der Waals surface area contributed by atoms with Crippen LogP contribution < -0.4 is 4.74 Å². The van der Waals surface area contributed by atoms with Crippen molar-refractivity contribution < 1.29 is 27.8 Å². The Hall–Kier alpha value is -3.34. The van der Waals surface area contributed by atoms with Crippen molar-refractivity contribution >= 4 is 5.97 Å². The van der Waals surface area contributed by atoms with E-state index >= 15 is 0 Å². The number of halogens is 3. The Morgan fingerprint density at radius 3 is 2.47 bits per heavy atom. The second kappa shape index (κ2) is 9.86. The van der Waals surface area contributed by atoms with Gasteiger partial charge in [-0.05, 0) is 30.7 Å². The molecule has 11 heteroatoms. The minimum atomic E-state index is -5.08. The highest BCUT2D eigenvalue weighted by Gasteiger charge is 2.38. The number of alkyl halides is 3. The molecule has 0 fully saturated rings. The van der Waals surface area contributed by atoms with Crippen LogP contribution in [0.25, 0.3) is 0 Å². The molecule has 0 radical (unpaired) electrons. The fraction of sp³-hybridized carbons (Fsp3) is 0.381. The summed E-state index contributed by atoms with van der Waals surface area (Å²) in [7, 11) is 1.70. The molecular formula is C21H24F3N5O3. The third-order valence-electron chi connectivity index (χ3n) is 5.17. The van der Waals surface area contributed by atoms with Crippen molar-refractivity contribution in [3.05, 3.63) is 66.0 Å². The summed E-state index contributed by atoms with van der Waals surface area (Å²) in [5, 5.41) is 11.4. The number of ether oxygens (including phenoxy) is 1. The van der Waals surface area contributed by atoms with Crippen molar-refractivity contribution in [2.45, 2.75) is 38.8 Å². The van der Waals surface area contributed by atoms with Gasteiger partial charge in [-0.15, -0.1) is 0 Å². The molecule has 8 nitrogen and oxygen atoms in total. The van der Waals surface area contributed by atoms with Gasteiger partial charge in [0.25, 0.3) is 0 Å². The van der Waals surface area contributed by atoms with Gasteiger partial charge in [0.05, 0.1) is 31.6 Å². The summed E-state index contributed by atoms with van der Waals surface area (Å²) in [5.41, 5.74) is 2.51. The van der Waals surface area contributed by atoms with Crippen LogP contribution in [0.4, 0.5) is 13.2 Å². The Kier molecular flexibility index (Phi) is 7.18. The van der Waals surface area contributed by atoms with Gasteiger partial charge in [0.15, 0.2) is 0 Å². The van der Waals surface area contributed by atoms with Crippen molar-refractivity contribution in [1.82, 2.24) is 24.2 Å². The van der Waals surface area contributed by atoms with Crippen molar-refractivity contribution in [3.8, 4) is 5.75 Å². The van der Waals surface area contributed by atoms with Gasteiger partial charge in [0, 0.05) is 32.0 Å². The fourth-order valence-corrected chi connectivity index (χ4v) is 3.47. The zero-order valence-corrected chi connectivity index (χ0v) is 17.7.